The Morgan fingerprint density at radius 3 is 1.49 bits per heavy atom. The fraction of sp³-hybridized carbons (Fsp3) is 0. The topological polar surface area (TPSA) is 13.1 Å². The van der Waals surface area contributed by atoms with Crippen molar-refractivity contribution < 1.29 is 4.42 Å². The van der Waals surface area contributed by atoms with E-state index >= 15 is 0 Å². The molecule has 0 unspecified atom stereocenters. The summed E-state index contributed by atoms with van der Waals surface area (Å²) >= 11 is 0. The van der Waals surface area contributed by atoms with Crippen LogP contribution < -0.4 is 0 Å². The van der Waals surface area contributed by atoms with Crippen LogP contribution in [0.3, 0.4) is 0 Å². The minimum absolute atomic E-state index is 0.911. The molecule has 10 rings (SSSR count). The van der Waals surface area contributed by atoms with Crippen molar-refractivity contribution in [2.75, 3.05) is 0 Å². The minimum atomic E-state index is 0.911. The van der Waals surface area contributed by atoms with E-state index in [1.807, 2.05) is 12.1 Å². The fourth-order valence-corrected chi connectivity index (χ4v) is 7.87. The SMILES string of the molecule is c1ccc(-c2c3ccccc3c(-c3ccc(-c4cccc5ccccc45)cc3)c3ccccc23)c(-c2ccc3oc4ccccc4c3c2)c1. The third-order valence-corrected chi connectivity index (χ3v) is 10.1. The van der Waals surface area contributed by atoms with Crippen molar-refractivity contribution >= 4 is 54.3 Å². The molecule has 1 nitrogen and oxygen atoms in total. The zero-order valence-corrected chi connectivity index (χ0v) is 26.7. The quantitative estimate of drug-likeness (QED) is 0.178. The highest BCUT2D eigenvalue weighted by atomic mass is 16.3. The molecule has 10 aromatic rings. The van der Waals surface area contributed by atoms with Crippen LogP contribution in [0.1, 0.15) is 0 Å². The standard InChI is InChI=1S/C48H30O/c1-2-14-35-31(12-1)13-11-22-36(35)32-24-26-33(27-25-32)47-40-18-5-7-20-42(40)48(43-21-8-6-19-41(43)47)39-17-4-3-15-37(39)34-28-29-46-44(30-34)38-16-9-10-23-45(38)49-46/h1-30H. The van der Waals surface area contributed by atoms with Gasteiger partial charge in [0.2, 0.25) is 0 Å². The van der Waals surface area contributed by atoms with Gasteiger partial charge >= 0.3 is 0 Å². The summed E-state index contributed by atoms with van der Waals surface area (Å²) < 4.78 is 6.18. The second-order valence-corrected chi connectivity index (χ2v) is 12.8. The molecule has 0 aliphatic heterocycles. The molecule has 0 atom stereocenters. The van der Waals surface area contributed by atoms with Gasteiger partial charge in [0, 0.05) is 10.8 Å². The van der Waals surface area contributed by atoms with E-state index in [4.69, 9.17) is 4.42 Å². The molecule has 0 amide bonds. The molecule has 0 saturated heterocycles. The molecule has 0 saturated carbocycles. The second-order valence-electron chi connectivity index (χ2n) is 12.8. The molecular weight excluding hydrogens is 593 g/mol. The third-order valence-electron chi connectivity index (χ3n) is 10.1. The Hall–Kier alpha value is -6.44. The summed E-state index contributed by atoms with van der Waals surface area (Å²) in [5.74, 6) is 0. The molecular formula is C48H30O. The Labute approximate surface area is 284 Å². The van der Waals surface area contributed by atoms with Crippen molar-refractivity contribution in [1.29, 1.82) is 0 Å². The average Bonchev–Trinajstić information content (AvgIpc) is 3.55. The fourth-order valence-electron chi connectivity index (χ4n) is 7.87. The van der Waals surface area contributed by atoms with Gasteiger partial charge in [0.05, 0.1) is 0 Å². The van der Waals surface area contributed by atoms with Gasteiger partial charge in [0.25, 0.3) is 0 Å². The molecule has 0 aliphatic carbocycles. The molecule has 0 radical (unpaired) electrons. The van der Waals surface area contributed by atoms with Crippen molar-refractivity contribution in [2.24, 2.45) is 0 Å². The Bertz CT molecular complexity index is 2810. The summed E-state index contributed by atoms with van der Waals surface area (Å²) in [7, 11) is 0. The summed E-state index contributed by atoms with van der Waals surface area (Å²) in [6, 6.07) is 65.9. The smallest absolute Gasteiger partial charge is 0.135 e. The number of fused-ring (bicyclic) bond motifs is 6. The maximum Gasteiger partial charge on any atom is 0.135 e. The maximum absolute atomic E-state index is 6.18. The van der Waals surface area contributed by atoms with Crippen LogP contribution in [0, 0.1) is 0 Å². The lowest BCUT2D eigenvalue weighted by Gasteiger charge is -2.20. The van der Waals surface area contributed by atoms with E-state index in [0.29, 0.717) is 0 Å². The first-order valence-electron chi connectivity index (χ1n) is 16.8. The summed E-state index contributed by atoms with van der Waals surface area (Å²) in [5, 5.41) is 9.81. The van der Waals surface area contributed by atoms with E-state index in [2.05, 4.69) is 170 Å². The lowest BCUT2D eigenvalue weighted by molar-refractivity contribution is 0.669. The van der Waals surface area contributed by atoms with Crippen molar-refractivity contribution in [1.82, 2.24) is 0 Å². The van der Waals surface area contributed by atoms with Crippen LogP contribution in [0.2, 0.25) is 0 Å². The molecule has 0 N–H and O–H groups in total. The van der Waals surface area contributed by atoms with E-state index in [1.54, 1.807) is 0 Å². The number of furan rings is 1. The Morgan fingerprint density at radius 2 is 0.755 bits per heavy atom. The van der Waals surface area contributed by atoms with E-state index < -0.39 is 0 Å². The largest absolute Gasteiger partial charge is 0.456 e. The van der Waals surface area contributed by atoms with Gasteiger partial charge in [-0.2, -0.15) is 0 Å². The first-order valence-corrected chi connectivity index (χ1v) is 16.8. The van der Waals surface area contributed by atoms with Crippen LogP contribution in [0.25, 0.3) is 98.8 Å². The van der Waals surface area contributed by atoms with Gasteiger partial charge in [-0.3, -0.25) is 0 Å². The Balaban J connectivity index is 1.18. The van der Waals surface area contributed by atoms with Crippen LogP contribution in [0.15, 0.2) is 186 Å². The number of benzene rings is 9. The summed E-state index contributed by atoms with van der Waals surface area (Å²) in [6.07, 6.45) is 0. The number of hydrogen-bond acceptors (Lipinski definition) is 1. The normalized spacial score (nSPS) is 11.7. The van der Waals surface area contributed by atoms with Crippen LogP contribution >= 0.6 is 0 Å². The number of rotatable bonds is 4. The molecule has 0 spiro atoms. The van der Waals surface area contributed by atoms with E-state index in [-0.39, 0.29) is 0 Å². The van der Waals surface area contributed by atoms with Gasteiger partial charge in [-0.15, -0.1) is 0 Å². The van der Waals surface area contributed by atoms with Gasteiger partial charge in [-0.1, -0.05) is 164 Å². The first kappa shape index (κ1) is 27.7. The first-order chi connectivity index (χ1) is 24.3. The maximum atomic E-state index is 6.18. The zero-order chi connectivity index (χ0) is 32.3. The lowest BCUT2D eigenvalue weighted by atomic mass is 9.83. The van der Waals surface area contributed by atoms with Crippen molar-refractivity contribution in [3.8, 4) is 44.5 Å². The van der Waals surface area contributed by atoms with Crippen LogP contribution in [0.4, 0.5) is 0 Å². The highest BCUT2D eigenvalue weighted by Crippen LogP contribution is 2.46. The van der Waals surface area contributed by atoms with Crippen molar-refractivity contribution in [2.45, 2.75) is 0 Å². The molecule has 0 fully saturated rings. The Morgan fingerprint density at radius 1 is 0.265 bits per heavy atom. The van der Waals surface area contributed by atoms with Crippen molar-refractivity contribution in [3.63, 3.8) is 0 Å². The van der Waals surface area contributed by atoms with Crippen LogP contribution in [-0.2, 0) is 0 Å². The van der Waals surface area contributed by atoms with Crippen molar-refractivity contribution in [3.05, 3.63) is 182 Å². The summed E-state index contributed by atoms with van der Waals surface area (Å²) in [5.41, 5.74) is 11.7. The number of hydrogen-bond donors (Lipinski definition) is 0. The van der Waals surface area contributed by atoms with Gasteiger partial charge < -0.3 is 4.42 Å². The second kappa shape index (κ2) is 11.1. The Kier molecular flexibility index (Phi) is 6.25. The predicted octanol–water partition coefficient (Wildman–Crippen LogP) is 13.7. The molecule has 1 heteroatoms. The van der Waals surface area contributed by atoms with E-state index in [1.165, 1.54) is 76.8 Å². The highest BCUT2D eigenvalue weighted by Gasteiger charge is 2.19. The molecule has 49 heavy (non-hydrogen) atoms. The van der Waals surface area contributed by atoms with E-state index in [0.717, 1.165) is 21.9 Å². The average molecular weight is 623 g/mol. The summed E-state index contributed by atoms with van der Waals surface area (Å²) in [6.45, 7) is 0. The van der Waals surface area contributed by atoms with Gasteiger partial charge in [-0.25, -0.2) is 0 Å². The minimum Gasteiger partial charge on any atom is -0.456 e. The number of para-hydroxylation sites is 1. The van der Waals surface area contributed by atoms with Gasteiger partial charge in [0.1, 0.15) is 11.2 Å². The molecule has 9 aromatic carbocycles. The molecule has 1 heterocycles. The highest BCUT2D eigenvalue weighted by molar-refractivity contribution is 6.22. The lowest BCUT2D eigenvalue weighted by Crippen LogP contribution is -1.92. The van der Waals surface area contributed by atoms with Crippen LogP contribution in [0.5, 0.6) is 0 Å². The zero-order valence-electron chi connectivity index (χ0n) is 26.7. The van der Waals surface area contributed by atoms with Gasteiger partial charge in [-0.05, 0) is 95.0 Å². The van der Waals surface area contributed by atoms with Crippen LogP contribution in [-0.4, -0.2) is 0 Å². The van der Waals surface area contributed by atoms with E-state index in [9.17, 15) is 0 Å². The third kappa shape index (κ3) is 4.40. The van der Waals surface area contributed by atoms with Gasteiger partial charge in [0.15, 0.2) is 0 Å². The molecule has 0 bridgehead atoms. The summed E-state index contributed by atoms with van der Waals surface area (Å²) in [4.78, 5) is 0. The molecule has 1 aromatic heterocycles. The predicted molar refractivity (Wildman–Crippen MR) is 208 cm³/mol. The molecule has 0 aliphatic rings. The molecule has 228 valence electrons. The monoisotopic (exact) mass is 622 g/mol.